The molecule has 0 saturated carbocycles. The fraction of sp³-hybridized carbons (Fsp3) is 0.250. The first-order valence-electron chi connectivity index (χ1n) is 8.63. The quantitative estimate of drug-likeness (QED) is 0.744. The van der Waals surface area contributed by atoms with Crippen LogP contribution in [0.1, 0.15) is 18.1 Å². The molecule has 8 heteroatoms. The zero-order chi connectivity index (χ0) is 20.3. The van der Waals surface area contributed by atoms with Crippen LogP contribution in [0.15, 0.2) is 48.5 Å². The summed E-state index contributed by atoms with van der Waals surface area (Å²) in [6.07, 6.45) is 0. The van der Waals surface area contributed by atoms with E-state index < -0.39 is 29.9 Å². The second-order valence-electron chi connectivity index (χ2n) is 6.58. The number of imide groups is 1. The summed E-state index contributed by atoms with van der Waals surface area (Å²) in [7, 11) is 1.53. The van der Waals surface area contributed by atoms with E-state index >= 15 is 0 Å². The molecule has 1 unspecified atom stereocenters. The van der Waals surface area contributed by atoms with Gasteiger partial charge in [-0.05, 0) is 42.3 Å². The Balaban J connectivity index is 1.65. The van der Waals surface area contributed by atoms with Crippen molar-refractivity contribution in [2.45, 2.75) is 19.0 Å². The Morgan fingerprint density at radius 3 is 2.39 bits per heavy atom. The maximum absolute atomic E-state index is 12.9. The Kier molecular flexibility index (Phi) is 5.30. The summed E-state index contributed by atoms with van der Waals surface area (Å²) in [6, 6.07) is 11.8. The van der Waals surface area contributed by atoms with Crippen molar-refractivity contribution in [3.05, 3.63) is 65.5 Å². The molecule has 1 atom stereocenters. The van der Waals surface area contributed by atoms with Crippen molar-refractivity contribution < 1.29 is 23.5 Å². The molecule has 1 aliphatic rings. The van der Waals surface area contributed by atoms with E-state index in [2.05, 4.69) is 10.6 Å². The standard InChI is InChI=1S/C20H20FN3O4/c1-20(14-5-9-16(28-2)10-6-14)18(26)24(19(27)23-20)12-17(25)22-11-13-3-7-15(21)8-4-13/h3-10H,11-12H2,1-2H3,(H,22,25)(H,23,27). The van der Waals surface area contributed by atoms with Crippen molar-refractivity contribution in [3.8, 4) is 5.75 Å². The molecule has 0 aromatic heterocycles. The molecule has 0 bridgehead atoms. The highest BCUT2D eigenvalue weighted by molar-refractivity contribution is 6.09. The molecule has 0 spiro atoms. The smallest absolute Gasteiger partial charge is 0.325 e. The number of urea groups is 1. The number of amides is 4. The molecule has 1 saturated heterocycles. The van der Waals surface area contributed by atoms with Gasteiger partial charge in [-0.1, -0.05) is 24.3 Å². The van der Waals surface area contributed by atoms with E-state index in [0.717, 1.165) is 4.90 Å². The van der Waals surface area contributed by atoms with E-state index in [9.17, 15) is 18.8 Å². The van der Waals surface area contributed by atoms with Crippen LogP contribution >= 0.6 is 0 Å². The monoisotopic (exact) mass is 385 g/mol. The third kappa shape index (κ3) is 3.80. The number of nitrogens with zero attached hydrogens (tertiary/aromatic N) is 1. The molecule has 7 nitrogen and oxygen atoms in total. The number of carbonyl (C=O) groups is 3. The summed E-state index contributed by atoms with van der Waals surface area (Å²) in [5.74, 6) is -0.750. The molecule has 3 rings (SSSR count). The van der Waals surface area contributed by atoms with Gasteiger partial charge in [0.1, 0.15) is 23.7 Å². The predicted molar refractivity (Wildman–Crippen MR) is 98.8 cm³/mol. The minimum atomic E-state index is -1.26. The van der Waals surface area contributed by atoms with Gasteiger partial charge in [-0.15, -0.1) is 0 Å². The lowest BCUT2D eigenvalue weighted by molar-refractivity contribution is -0.134. The Labute approximate surface area is 161 Å². The topological polar surface area (TPSA) is 87.7 Å². The van der Waals surface area contributed by atoms with Crippen LogP contribution in [-0.2, 0) is 21.7 Å². The molecule has 1 heterocycles. The van der Waals surface area contributed by atoms with Crippen molar-refractivity contribution in [3.63, 3.8) is 0 Å². The second-order valence-corrected chi connectivity index (χ2v) is 6.58. The summed E-state index contributed by atoms with van der Waals surface area (Å²) in [6.45, 7) is 1.35. The Morgan fingerprint density at radius 1 is 1.14 bits per heavy atom. The van der Waals surface area contributed by atoms with Gasteiger partial charge in [-0.2, -0.15) is 0 Å². The first-order valence-corrected chi connectivity index (χ1v) is 8.63. The average Bonchev–Trinajstić information content (AvgIpc) is 2.91. The molecule has 2 aromatic carbocycles. The van der Waals surface area contributed by atoms with Crippen molar-refractivity contribution in [1.82, 2.24) is 15.5 Å². The molecule has 4 amide bonds. The number of methoxy groups -OCH3 is 1. The van der Waals surface area contributed by atoms with Gasteiger partial charge in [0, 0.05) is 6.54 Å². The number of benzene rings is 2. The third-order valence-corrected chi connectivity index (χ3v) is 4.65. The highest BCUT2D eigenvalue weighted by Gasteiger charge is 2.49. The van der Waals surface area contributed by atoms with E-state index in [1.165, 1.54) is 19.2 Å². The number of hydrogen-bond donors (Lipinski definition) is 2. The highest BCUT2D eigenvalue weighted by atomic mass is 19.1. The average molecular weight is 385 g/mol. The minimum Gasteiger partial charge on any atom is -0.497 e. The van der Waals surface area contributed by atoms with Gasteiger partial charge in [0.2, 0.25) is 5.91 Å². The number of rotatable bonds is 6. The predicted octanol–water partition coefficient (Wildman–Crippen LogP) is 1.92. The fourth-order valence-corrected chi connectivity index (χ4v) is 2.96. The fourth-order valence-electron chi connectivity index (χ4n) is 2.96. The minimum absolute atomic E-state index is 0.165. The van der Waals surface area contributed by atoms with E-state index in [0.29, 0.717) is 16.9 Å². The largest absolute Gasteiger partial charge is 0.497 e. The molecule has 2 aromatic rings. The Hall–Kier alpha value is -3.42. The Bertz CT molecular complexity index is 899. The summed E-state index contributed by atoms with van der Waals surface area (Å²) < 4.78 is 18.0. The van der Waals surface area contributed by atoms with Crippen LogP contribution in [0.2, 0.25) is 0 Å². The first kappa shape index (κ1) is 19.3. The third-order valence-electron chi connectivity index (χ3n) is 4.65. The molecule has 146 valence electrons. The number of carbonyl (C=O) groups excluding carboxylic acids is 3. The van der Waals surface area contributed by atoms with E-state index in [4.69, 9.17) is 4.74 Å². The molecule has 0 aliphatic carbocycles. The number of ether oxygens (including phenoxy) is 1. The molecule has 0 radical (unpaired) electrons. The van der Waals surface area contributed by atoms with Gasteiger partial charge >= 0.3 is 6.03 Å². The van der Waals surface area contributed by atoms with Gasteiger partial charge in [0.05, 0.1) is 7.11 Å². The Morgan fingerprint density at radius 2 is 1.79 bits per heavy atom. The van der Waals surface area contributed by atoms with Crippen LogP contribution in [0.25, 0.3) is 0 Å². The maximum Gasteiger partial charge on any atom is 0.325 e. The van der Waals surface area contributed by atoms with Crippen LogP contribution in [0.5, 0.6) is 5.75 Å². The molecular weight excluding hydrogens is 365 g/mol. The lowest BCUT2D eigenvalue weighted by Gasteiger charge is -2.22. The van der Waals surface area contributed by atoms with Gasteiger partial charge in [-0.3, -0.25) is 14.5 Å². The van der Waals surface area contributed by atoms with Crippen LogP contribution in [0.3, 0.4) is 0 Å². The molecule has 28 heavy (non-hydrogen) atoms. The lowest BCUT2D eigenvalue weighted by Crippen LogP contribution is -2.43. The molecule has 2 N–H and O–H groups in total. The van der Waals surface area contributed by atoms with Crippen molar-refractivity contribution in [2.24, 2.45) is 0 Å². The lowest BCUT2D eigenvalue weighted by atomic mass is 9.92. The van der Waals surface area contributed by atoms with E-state index in [1.54, 1.807) is 43.3 Å². The van der Waals surface area contributed by atoms with Crippen LogP contribution in [-0.4, -0.2) is 36.4 Å². The summed E-state index contributed by atoms with van der Waals surface area (Å²) >= 11 is 0. The highest BCUT2D eigenvalue weighted by Crippen LogP contribution is 2.29. The van der Waals surface area contributed by atoms with Crippen LogP contribution in [0.4, 0.5) is 9.18 Å². The number of halogens is 1. The molecule has 1 fully saturated rings. The zero-order valence-electron chi connectivity index (χ0n) is 15.5. The van der Waals surface area contributed by atoms with Crippen molar-refractivity contribution in [1.29, 1.82) is 0 Å². The maximum atomic E-state index is 12.9. The van der Waals surface area contributed by atoms with E-state index in [1.807, 2.05) is 0 Å². The SMILES string of the molecule is COc1ccc(C2(C)NC(=O)N(CC(=O)NCc3ccc(F)cc3)C2=O)cc1. The van der Waals surface area contributed by atoms with Crippen molar-refractivity contribution in [2.75, 3.05) is 13.7 Å². The number of hydrogen-bond acceptors (Lipinski definition) is 4. The van der Waals surface area contributed by atoms with Gasteiger partial charge in [0.15, 0.2) is 0 Å². The first-order chi connectivity index (χ1) is 13.3. The summed E-state index contributed by atoms with van der Waals surface area (Å²) in [5, 5.41) is 5.26. The van der Waals surface area contributed by atoms with E-state index in [-0.39, 0.29) is 12.4 Å². The van der Waals surface area contributed by atoms with Crippen molar-refractivity contribution >= 4 is 17.8 Å². The van der Waals surface area contributed by atoms with Crippen LogP contribution in [0, 0.1) is 5.82 Å². The van der Waals surface area contributed by atoms with Gasteiger partial charge in [0.25, 0.3) is 5.91 Å². The van der Waals surface area contributed by atoms with Gasteiger partial charge < -0.3 is 15.4 Å². The second kappa shape index (κ2) is 7.67. The van der Waals surface area contributed by atoms with Crippen LogP contribution < -0.4 is 15.4 Å². The molecule has 1 aliphatic heterocycles. The van der Waals surface area contributed by atoms with Gasteiger partial charge in [-0.25, -0.2) is 9.18 Å². The summed E-state index contributed by atoms with van der Waals surface area (Å²) in [4.78, 5) is 38.2. The molecular formula is C20H20FN3O4. The normalized spacial score (nSPS) is 18.8. The zero-order valence-corrected chi connectivity index (χ0v) is 15.5. The number of nitrogens with one attached hydrogen (secondary N) is 2. The summed E-state index contributed by atoms with van der Waals surface area (Å²) in [5.41, 5.74) is 0.0246.